The van der Waals surface area contributed by atoms with Gasteiger partial charge >= 0.3 is 0 Å². The summed E-state index contributed by atoms with van der Waals surface area (Å²) in [5, 5.41) is 0. The molecule has 5 nitrogen and oxygen atoms in total. The number of rotatable bonds is 4. The van der Waals surface area contributed by atoms with Crippen LogP contribution in [0.3, 0.4) is 0 Å². The van der Waals surface area contributed by atoms with Crippen LogP contribution in [0.2, 0.25) is 0 Å². The number of carbonyl (C=O) groups excluding carboxylic acids is 1. The number of nitrogens with two attached hydrogens (primary N) is 1. The van der Waals surface area contributed by atoms with E-state index >= 15 is 0 Å². The van der Waals surface area contributed by atoms with E-state index in [1.165, 1.54) is 12.8 Å². The number of ether oxygens (including phenoxy) is 1. The number of carbonyl (C=O) groups is 1. The third kappa shape index (κ3) is 3.43. The second-order valence-corrected chi connectivity index (χ2v) is 5.28. The average Bonchev–Trinajstić information content (AvgIpc) is 2.91. The second kappa shape index (κ2) is 6.50. The molecule has 2 rings (SSSR count). The van der Waals surface area contributed by atoms with Crippen LogP contribution in [0.1, 0.15) is 26.2 Å². The van der Waals surface area contributed by atoms with E-state index in [1.807, 2.05) is 11.8 Å². The Morgan fingerprint density at radius 1 is 1.39 bits per heavy atom. The predicted molar refractivity (Wildman–Crippen MR) is 70.3 cm³/mol. The fraction of sp³-hybridized carbons (Fsp3) is 0.923. The van der Waals surface area contributed by atoms with Crippen molar-refractivity contribution < 1.29 is 9.53 Å². The first-order valence-corrected chi connectivity index (χ1v) is 7.09. The molecule has 2 atom stereocenters. The van der Waals surface area contributed by atoms with Gasteiger partial charge < -0.3 is 15.4 Å². The molecule has 0 aromatic heterocycles. The van der Waals surface area contributed by atoms with Crippen LogP contribution < -0.4 is 5.73 Å². The van der Waals surface area contributed by atoms with Crippen LogP contribution in [-0.4, -0.2) is 67.2 Å². The van der Waals surface area contributed by atoms with Crippen LogP contribution in [0, 0.1) is 0 Å². The molecule has 0 spiro atoms. The van der Waals surface area contributed by atoms with Crippen molar-refractivity contribution >= 4 is 5.91 Å². The summed E-state index contributed by atoms with van der Waals surface area (Å²) in [6.07, 6.45) is 3.49. The van der Waals surface area contributed by atoms with Gasteiger partial charge in [-0.2, -0.15) is 0 Å². The summed E-state index contributed by atoms with van der Waals surface area (Å²) in [7, 11) is 0. The lowest BCUT2D eigenvalue weighted by molar-refractivity contribution is -0.134. The maximum atomic E-state index is 11.9. The van der Waals surface area contributed by atoms with Gasteiger partial charge in [-0.3, -0.25) is 9.69 Å². The molecule has 1 unspecified atom stereocenters. The highest BCUT2D eigenvalue weighted by molar-refractivity contribution is 5.81. The summed E-state index contributed by atoms with van der Waals surface area (Å²) in [6.45, 7) is 7.38. The van der Waals surface area contributed by atoms with E-state index in [0.29, 0.717) is 6.10 Å². The van der Waals surface area contributed by atoms with Gasteiger partial charge in [0.25, 0.3) is 0 Å². The molecule has 0 bridgehead atoms. The SMILES string of the molecule is CC[C@H](N)C(=O)N1CCN(CC2CCCO2)CC1. The second-order valence-electron chi connectivity index (χ2n) is 5.28. The molecule has 2 aliphatic rings. The minimum atomic E-state index is -0.324. The van der Waals surface area contributed by atoms with E-state index in [0.717, 1.165) is 45.8 Å². The van der Waals surface area contributed by atoms with Gasteiger partial charge in [0, 0.05) is 39.3 Å². The zero-order valence-corrected chi connectivity index (χ0v) is 11.3. The van der Waals surface area contributed by atoms with Gasteiger partial charge in [0.05, 0.1) is 12.1 Å². The van der Waals surface area contributed by atoms with Crippen LogP contribution in [0.15, 0.2) is 0 Å². The lowest BCUT2D eigenvalue weighted by Gasteiger charge is -2.36. The van der Waals surface area contributed by atoms with Crippen molar-refractivity contribution in [3.63, 3.8) is 0 Å². The zero-order chi connectivity index (χ0) is 13.0. The number of amides is 1. The van der Waals surface area contributed by atoms with Crippen LogP contribution in [-0.2, 0) is 9.53 Å². The summed E-state index contributed by atoms with van der Waals surface area (Å²) >= 11 is 0. The maximum Gasteiger partial charge on any atom is 0.239 e. The average molecular weight is 255 g/mol. The topological polar surface area (TPSA) is 58.8 Å². The molecule has 0 aromatic rings. The first-order chi connectivity index (χ1) is 8.70. The van der Waals surface area contributed by atoms with E-state index in [9.17, 15) is 4.79 Å². The molecule has 0 radical (unpaired) electrons. The van der Waals surface area contributed by atoms with E-state index in [-0.39, 0.29) is 11.9 Å². The van der Waals surface area contributed by atoms with Crippen molar-refractivity contribution in [1.82, 2.24) is 9.80 Å². The monoisotopic (exact) mass is 255 g/mol. The molecular formula is C13H25N3O2. The van der Waals surface area contributed by atoms with Crippen LogP contribution in [0.25, 0.3) is 0 Å². The highest BCUT2D eigenvalue weighted by Gasteiger charge is 2.26. The first-order valence-electron chi connectivity index (χ1n) is 7.09. The Morgan fingerprint density at radius 3 is 2.67 bits per heavy atom. The van der Waals surface area contributed by atoms with E-state index in [4.69, 9.17) is 10.5 Å². The Hall–Kier alpha value is -0.650. The summed E-state index contributed by atoms with van der Waals surface area (Å²) in [5.41, 5.74) is 5.79. The van der Waals surface area contributed by atoms with Gasteiger partial charge in [-0.15, -0.1) is 0 Å². The fourth-order valence-electron chi connectivity index (χ4n) is 2.64. The van der Waals surface area contributed by atoms with E-state index in [2.05, 4.69) is 4.90 Å². The zero-order valence-electron chi connectivity index (χ0n) is 11.3. The minimum absolute atomic E-state index is 0.106. The third-order valence-corrected chi connectivity index (χ3v) is 3.93. The number of hydrogen-bond donors (Lipinski definition) is 1. The molecule has 2 heterocycles. The van der Waals surface area contributed by atoms with Gasteiger partial charge in [-0.25, -0.2) is 0 Å². The summed E-state index contributed by atoms with van der Waals surface area (Å²) < 4.78 is 5.64. The Labute approximate surface area is 109 Å². The Bertz CT molecular complexity index is 271. The van der Waals surface area contributed by atoms with Crippen molar-refractivity contribution in [2.75, 3.05) is 39.3 Å². The van der Waals surface area contributed by atoms with Crippen LogP contribution in [0.5, 0.6) is 0 Å². The molecule has 5 heteroatoms. The molecule has 104 valence electrons. The van der Waals surface area contributed by atoms with Gasteiger partial charge in [0.1, 0.15) is 0 Å². The quantitative estimate of drug-likeness (QED) is 0.771. The standard InChI is InChI=1S/C13H25N3O2/c1-2-12(14)13(17)16-7-5-15(6-8-16)10-11-4-3-9-18-11/h11-12H,2-10,14H2,1H3/t11?,12-/m0/s1. The molecule has 18 heavy (non-hydrogen) atoms. The predicted octanol–water partition coefficient (Wildman–Crippen LogP) is 0.0469. The van der Waals surface area contributed by atoms with Crippen molar-refractivity contribution in [3.05, 3.63) is 0 Å². The lowest BCUT2D eigenvalue weighted by Crippen LogP contribution is -2.54. The van der Waals surface area contributed by atoms with Gasteiger partial charge in [0.2, 0.25) is 5.91 Å². The van der Waals surface area contributed by atoms with Crippen LogP contribution in [0.4, 0.5) is 0 Å². The highest BCUT2D eigenvalue weighted by Crippen LogP contribution is 2.14. The van der Waals surface area contributed by atoms with E-state index in [1.54, 1.807) is 0 Å². The number of piperazine rings is 1. The highest BCUT2D eigenvalue weighted by atomic mass is 16.5. The molecule has 0 saturated carbocycles. The molecule has 1 amide bonds. The molecule has 2 N–H and O–H groups in total. The molecular weight excluding hydrogens is 230 g/mol. The van der Waals surface area contributed by atoms with E-state index < -0.39 is 0 Å². The first kappa shape index (κ1) is 13.8. The molecule has 0 aliphatic carbocycles. The van der Waals surface area contributed by atoms with Gasteiger partial charge in [-0.05, 0) is 19.3 Å². The lowest BCUT2D eigenvalue weighted by atomic mass is 10.1. The molecule has 2 fully saturated rings. The van der Waals surface area contributed by atoms with Gasteiger partial charge in [0.15, 0.2) is 0 Å². The smallest absolute Gasteiger partial charge is 0.239 e. The summed E-state index contributed by atoms with van der Waals surface area (Å²) in [6, 6.07) is -0.324. The molecule has 0 aromatic carbocycles. The van der Waals surface area contributed by atoms with Gasteiger partial charge in [-0.1, -0.05) is 6.92 Å². The van der Waals surface area contributed by atoms with Crippen molar-refractivity contribution in [2.24, 2.45) is 5.73 Å². The summed E-state index contributed by atoms with van der Waals surface area (Å²) in [4.78, 5) is 16.2. The Kier molecular flexibility index (Phi) is 4.97. The summed E-state index contributed by atoms with van der Waals surface area (Å²) in [5.74, 6) is 0.106. The number of hydrogen-bond acceptors (Lipinski definition) is 4. The molecule has 2 saturated heterocycles. The van der Waals surface area contributed by atoms with Crippen molar-refractivity contribution in [3.8, 4) is 0 Å². The van der Waals surface area contributed by atoms with Crippen molar-refractivity contribution in [1.29, 1.82) is 0 Å². The largest absolute Gasteiger partial charge is 0.377 e. The Morgan fingerprint density at radius 2 is 2.11 bits per heavy atom. The van der Waals surface area contributed by atoms with Crippen molar-refractivity contribution in [2.45, 2.75) is 38.3 Å². The third-order valence-electron chi connectivity index (χ3n) is 3.93. The minimum Gasteiger partial charge on any atom is -0.377 e. The normalized spacial score (nSPS) is 27.4. The van der Waals surface area contributed by atoms with Crippen LogP contribution >= 0.6 is 0 Å². The maximum absolute atomic E-state index is 11.9. The number of nitrogens with zero attached hydrogens (tertiary/aromatic N) is 2. The molecule has 2 aliphatic heterocycles. The Balaban J connectivity index is 1.72. The fourth-order valence-corrected chi connectivity index (χ4v) is 2.64.